The Labute approximate surface area is 171 Å². The van der Waals surface area contributed by atoms with Crippen molar-refractivity contribution in [2.75, 3.05) is 38.1 Å². The lowest BCUT2D eigenvalue weighted by atomic mass is 10.2. The summed E-state index contributed by atoms with van der Waals surface area (Å²) in [5.41, 5.74) is 0.819. The minimum atomic E-state index is -3.69. The summed E-state index contributed by atoms with van der Waals surface area (Å²) in [5.74, 6) is -0.507. The monoisotopic (exact) mass is 419 g/mol. The van der Waals surface area contributed by atoms with Gasteiger partial charge in [0.25, 0.3) is 0 Å². The van der Waals surface area contributed by atoms with Crippen molar-refractivity contribution in [3.8, 4) is 0 Å². The fourth-order valence-electron chi connectivity index (χ4n) is 3.51. The number of anilines is 1. The van der Waals surface area contributed by atoms with Crippen LogP contribution in [0.5, 0.6) is 0 Å². The Morgan fingerprint density at radius 1 is 1.00 bits per heavy atom. The molecule has 1 fully saturated rings. The summed E-state index contributed by atoms with van der Waals surface area (Å²) < 4.78 is 40.3. The summed E-state index contributed by atoms with van der Waals surface area (Å²) in [6.45, 7) is 3.59. The van der Waals surface area contributed by atoms with Gasteiger partial charge in [-0.15, -0.1) is 0 Å². The first-order valence-corrected chi connectivity index (χ1v) is 11.1. The summed E-state index contributed by atoms with van der Waals surface area (Å²) in [6, 6.07) is 13.9. The highest BCUT2D eigenvalue weighted by Crippen LogP contribution is 2.20. The molecule has 1 amide bonds. The van der Waals surface area contributed by atoms with E-state index in [1.165, 1.54) is 16.4 Å². The number of amides is 1. The Morgan fingerprint density at radius 3 is 2.31 bits per heavy atom. The molecule has 156 valence electrons. The number of benzene rings is 2. The second kappa shape index (κ2) is 9.02. The normalized spacial score (nSPS) is 17.5. The highest BCUT2D eigenvalue weighted by atomic mass is 32.2. The molecule has 0 saturated carbocycles. The molecule has 6 nitrogen and oxygen atoms in total. The molecule has 0 radical (unpaired) electrons. The van der Waals surface area contributed by atoms with Gasteiger partial charge in [0, 0.05) is 38.9 Å². The maximum Gasteiger partial charge on any atom is 0.243 e. The van der Waals surface area contributed by atoms with Crippen LogP contribution in [0, 0.1) is 5.82 Å². The molecule has 0 bridgehead atoms. The van der Waals surface area contributed by atoms with Gasteiger partial charge < -0.3 is 4.90 Å². The van der Waals surface area contributed by atoms with Crippen LogP contribution in [0.15, 0.2) is 59.5 Å². The summed E-state index contributed by atoms with van der Waals surface area (Å²) in [6.07, 6.45) is 0.618. The van der Waals surface area contributed by atoms with E-state index in [4.69, 9.17) is 0 Å². The zero-order valence-electron chi connectivity index (χ0n) is 16.7. The molecule has 1 atom stereocenters. The molecular weight excluding hydrogens is 393 g/mol. The molecule has 1 unspecified atom stereocenters. The van der Waals surface area contributed by atoms with Crippen molar-refractivity contribution in [1.29, 1.82) is 0 Å². The summed E-state index contributed by atoms with van der Waals surface area (Å²) >= 11 is 0. The van der Waals surface area contributed by atoms with Gasteiger partial charge in [0.1, 0.15) is 5.82 Å². The number of hydrogen-bond acceptors (Lipinski definition) is 4. The number of carbonyl (C=O) groups is 1. The Balaban J connectivity index is 1.67. The van der Waals surface area contributed by atoms with Crippen LogP contribution in [0.1, 0.15) is 13.3 Å². The Kier molecular flexibility index (Phi) is 6.66. The number of nitrogens with zero attached hydrogens (tertiary/aromatic N) is 3. The molecule has 0 N–H and O–H groups in total. The fourth-order valence-corrected chi connectivity index (χ4v) is 4.98. The van der Waals surface area contributed by atoms with Crippen LogP contribution >= 0.6 is 0 Å². The molecule has 3 rings (SSSR count). The summed E-state index contributed by atoms with van der Waals surface area (Å²) in [4.78, 5) is 16.6. The van der Waals surface area contributed by atoms with Gasteiger partial charge in [0.2, 0.25) is 15.9 Å². The number of para-hydroxylation sites is 1. The highest BCUT2D eigenvalue weighted by Gasteiger charge is 2.31. The quantitative estimate of drug-likeness (QED) is 0.747. The molecule has 2 aromatic rings. The molecule has 0 aliphatic carbocycles. The zero-order valence-corrected chi connectivity index (χ0v) is 17.5. The van der Waals surface area contributed by atoms with Crippen molar-refractivity contribution in [1.82, 2.24) is 9.21 Å². The minimum Gasteiger partial charge on any atom is -0.314 e. The predicted octanol–water partition coefficient (Wildman–Crippen LogP) is 2.57. The van der Waals surface area contributed by atoms with Gasteiger partial charge in [0.05, 0.1) is 10.9 Å². The van der Waals surface area contributed by atoms with E-state index in [1.807, 2.05) is 42.2 Å². The third-order valence-electron chi connectivity index (χ3n) is 5.32. The molecule has 8 heteroatoms. The van der Waals surface area contributed by atoms with E-state index < -0.39 is 15.8 Å². The van der Waals surface area contributed by atoms with Crippen LogP contribution < -0.4 is 4.90 Å². The predicted molar refractivity (Wildman–Crippen MR) is 111 cm³/mol. The van der Waals surface area contributed by atoms with E-state index in [2.05, 4.69) is 0 Å². The summed E-state index contributed by atoms with van der Waals surface area (Å²) in [7, 11) is -1.94. The maximum atomic E-state index is 13.1. The van der Waals surface area contributed by atoms with Crippen LogP contribution in [0.3, 0.4) is 0 Å². The topological polar surface area (TPSA) is 60.9 Å². The molecule has 1 aliphatic heterocycles. The standard InChI is InChI=1S/C21H26FN3O3S/c1-17(21(26)23(2)19-7-4-3-5-8-19)24-13-6-14-25(16-15-24)29(27,28)20-11-9-18(22)10-12-20/h3-5,7-12,17H,6,13-16H2,1-2H3. The van der Waals surface area contributed by atoms with Gasteiger partial charge >= 0.3 is 0 Å². The lowest BCUT2D eigenvalue weighted by Gasteiger charge is -2.30. The van der Waals surface area contributed by atoms with Crippen molar-refractivity contribution in [3.63, 3.8) is 0 Å². The lowest BCUT2D eigenvalue weighted by Crippen LogP contribution is -2.47. The van der Waals surface area contributed by atoms with Crippen molar-refractivity contribution in [3.05, 3.63) is 60.4 Å². The van der Waals surface area contributed by atoms with Gasteiger partial charge in [-0.2, -0.15) is 4.31 Å². The fraction of sp³-hybridized carbons (Fsp3) is 0.381. The number of hydrogen-bond donors (Lipinski definition) is 0. The van der Waals surface area contributed by atoms with Gasteiger partial charge in [0.15, 0.2) is 0 Å². The highest BCUT2D eigenvalue weighted by molar-refractivity contribution is 7.89. The largest absolute Gasteiger partial charge is 0.314 e. The molecule has 0 aromatic heterocycles. The van der Waals surface area contributed by atoms with E-state index in [-0.39, 0.29) is 23.4 Å². The van der Waals surface area contributed by atoms with Crippen LogP contribution in [0.4, 0.5) is 10.1 Å². The first-order chi connectivity index (χ1) is 13.8. The third kappa shape index (κ3) is 4.83. The molecule has 1 heterocycles. The van der Waals surface area contributed by atoms with Gasteiger partial charge in [-0.25, -0.2) is 12.8 Å². The van der Waals surface area contributed by atoms with Crippen molar-refractivity contribution in [2.45, 2.75) is 24.3 Å². The van der Waals surface area contributed by atoms with Crippen molar-refractivity contribution < 1.29 is 17.6 Å². The van der Waals surface area contributed by atoms with Gasteiger partial charge in [-0.3, -0.25) is 9.69 Å². The van der Waals surface area contributed by atoms with E-state index in [1.54, 1.807) is 11.9 Å². The molecule has 1 aliphatic rings. The number of carbonyl (C=O) groups excluding carboxylic acids is 1. The van der Waals surface area contributed by atoms with Crippen molar-refractivity contribution in [2.24, 2.45) is 0 Å². The first-order valence-electron chi connectivity index (χ1n) is 9.63. The number of sulfonamides is 1. The van der Waals surface area contributed by atoms with E-state index >= 15 is 0 Å². The SMILES string of the molecule is CC(C(=O)N(C)c1ccccc1)N1CCCN(S(=O)(=O)c2ccc(F)cc2)CC1. The Morgan fingerprint density at radius 2 is 1.66 bits per heavy atom. The third-order valence-corrected chi connectivity index (χ3v) is 7.23. The zero-order chi connectivity index (χ0) is 21.0. The van der Waals surface area contributed by atoms with E-state index in [0.29, 0.717) is 26.1 Å². The number of halogens is 1. The lowest BCUT2D eigenvalue weighted by molar-refractivity contribution is -0.122. The molecule has 0 spiro atoms. The van der Waals surface area contributed by atoms with Gasteiger partial charge in [-0.1, -0.05) is 18.2 Å². The number of rotatable bonds is 5. The molecule has 1 saturated heterocycles. The molecule has 29 heavy (non-hydrogen) atoms. The second-order valence-electron chi connectivity index (χ2n) is 7.16. The van der Waals surface area contributed by atoms with Crippen LogP contribution in [0.2, 0.25) is 0 Å². The maximum absolute atomic E-state index is 13.1. The second-order valence-corrected chi connectivity index (χ2v) is 9.09. The smallest absolute Gasteiger partial charge is 0.243 e. The number of likely N-dealkylation sites (N-methyl/N-ethyl adjacent to an activating group) is 1. The van der Waals surface area contributed by atoms with Crippen LogP contribution in [0.25, 0.3) is 0 Å². The Bertz CT molecular complexity index is 935. The molecule has 2 aromatic carbocycles. The average molecular weight is 420 g/mol. The van der Waals surface area contributed by atoms with Crippen molar-refractivity contribution >= 4 is 21.6 Å². The van der Waals surface area contributed by atoms with E-state index in [0.717, 1.165) is 17.8 Å². The minimum absolute atomic E-state index is 0.0361. The van der Waals surface area contributed by atoms with E-state index in [9.17, 15) is 17.6 Å². The first kappa shape index (κ1) is 21.4. The Hall–Kier alpha value is -2.29. The molecular formula is C21H26FN3O3S. The average Bonchev–Trinajstić information content (AvgIpc) is 3.00. The van der Waals surface area contributed by atoms with Crippen LogP contribution in [-0.4, -0.2) is 62.8 Å². The van der Waals surface area contributed by atoms with Crippen LogP contribution in [-0.2, 0) is 14.8 Å². The summed E-state index contributed by atoms with van der Waals surface area (Å²) in [5, 5.41) is 0. The van der Waals surface area contributed by atoms with Gasteiger partial charge in [-0.05, 0) is 49.7 Å².